The van der Waals surface area contributed by atoms with Gasteiger partial charge in [-0.15, -0.1) is 0 Å². The van der Waals surface area contributed by atoms with Crippen LogP contribution in [0.2, 0.25) is 0 Å². The largest absolute Gasteiger partial charge is 0.494 e. The lowest BCUT2D eigenvalue weighted by atomic mass is 10.1. The first-order valence-corrected chi connectivity index (χ1v) is 9.44. The molecule has 142 valence electrons. The fraction of sp³-hybridized carbons (Fsp3) is 0.318. The molecule has 0 amide bonds. The summed E-state index contributed by atoms with van der Waals surface area (Å²) >= 11 is 0. The topological polar surface area (TPSA) is 61.4 Å². The van der Waals surface area contributed by atoms with Crippen LogP contribution in [0.5, 0.6) is 5.75 Å². The van der Waals surface area contributed by atoms with Crippen molar-refractivity contribution < 1.29 is 4.74 Å². The number of aromatic amines is 1. The van der Waals surface area contributed by atoms with E-state index in [-0.39, 0.29) is 0 Å². The summed E-state index contributed by atoms with van der Waals surface area (Å²) in [4.78, 5) is 7.78. The summed E-state index contributed by atoms with van der Waals surface area (Å²) in [6.45, 7) is 6.27. The van der Waals surface area contributed by atoms with Gasteiger partial charge in [-0.1, -0.05) is 36.4 Å². The lowest BCUT2D eigenvalue weighted by Crippen LogP contribution is -2.38. The predicted octanol–water partition coefficient (Wildman–Crippen LogP) is 3.78. The van der Waals surface area contributed by atoms with Gasteiger partial charge in [-0.2, -0.15) is 0 Å². The summed E-state index contributed by atoms with van der Waals surface area (Å²) in [6, 6.07) is 16.5. The van der Waals surface area contributed by atoms with Gasteiger partial charge < -0.3 is 20.4 Å². The van der Waals surface area contributed by atoms with Crippen molar-refractivity contribution in [3.63, 3.8) is 0 Å². The number of hydrogen-bond donors (Lipinski definition) is 3. The monoisotopic (exact) mass is 364 g/mol. The SMILES string of the molecule is CCOc1ccccc1CNC(=NC)NCCc1c(C)[nH]c2ccccc12. The van der Waals surface area contributed by atoms with Crippen molar-refractivity contribution in [2.45, 2.75) is 26.8 Å². The number of fused-ring (bicyclic) bond motifs is 1. The van der Waals surface area contributed by atoms with Crippen LogP contribution in [0.25, 0.3) is 10.9 Å². The molecule has 0 aliphatic heterocycles. The summed E-state index contributed by atoms with van der Waals surface area (Å²) in [5.41, 5.74) is 4.90. The van der Waals surface area contributed by atoms with Crippen LogP contribution in [0.4, 0.5) is 0 Å². The molecule has 0 saturated heterocycles. The number of aryl methyl sites for hydroxylation is 1. The molecule has 2 aromatic carbocycles. The normalized spacial score (nSPS) is 11.6. The first-order valence-electron chi connectivity index (χ1n) is 9.44. The van der Waals surface area contributed by atoms with Crippen molar-refractivity contribution in [2.24, 2.45) is 4.99 Å². The van der Waals surface area contributed by atoms with Crippen molar-refractivity contribution in [1.82, 2.24) is 15.6 Å². The van der Waals surface area contributed by atoms with Crippen LogP contribution in [0.1, 0.15) is 23.7 Å². The third-order valence-corrected chi connectivity index (χ3v) is 4.64. The van der Waals surface area contributed by atoms with Crippen molar-refractivity contribution in [2.75, 3.05) is 20.2 Å². The molecule has 27 heavy (non-hydrogen) atoms. The summed E-state index contributed by atoms with van der Waals surface area (Å²) in [5.74, 6) is 1.70. The fourth-order valence-electron chi connectivity index (χ4n) is 3.31. The van der Waals surface area contributed by atoms with Crippen LogP contribution in [-0.4, -0.2) is 31.1 Å². The fourth-order valence-corrected chi connectivity index (χ4v) is 3.31. The maximum atomic E-state index is 5.68. The Bertz CT molecular complexity index is 914. The predicted molar refractivity (Wildman–Crippen MR) is 113 cm³/mol. The number of rotatable bonds is 7. The van der Waals surface area contributed by atoms with E-state index in [2.05, 4.69) is 57.9 Å². The van der Waals surface area contributed by atoms with Gasteiger partial charge in [-0.3, -0.25) is 4.99 Å². The number of ether oxygens (including phenoxy) is 1. The zero-order valence-electron chi connectivity index (χ0n) is 16.3. The van der Waals surface area contributed by atoms with E-state index >= 15 is 0 Å². The lowest BCUT2D eigenvalue weighted by molar-refractivity contribution is 0.336. The van der Waals surface area contributed by atoms with Crippen LogP contribution in [0, 0.1) is 6.92 Å². The summed E-state index contributed by atoms with van der Waals surface area (Å²) in [6.07, 6.45) is 0.937. The third kappa shape index (κ3) is 4.61. The van der Waals surface area contributed by atoms with E-state index in [1.807, 2.05) is 25.1 Å². The number of nitrogens with zero attached hydrogens (tertiary/aromatic N) is 1. The molecule has 0 spiro atoms. The average Bonchev–Trinajstić information content (AvgIpc) is 3.01. The number of nitrogens with one attached hydrogen (secondary N) is 3. The van der Waals surface area contributed by atoms with Crippen molar-refractivity contribution in [3.8, 4) is 5.75 Å². The molecule has 0 aliphatic carbocycles. The minimum absolute atomic E-state index is 0.661. The Morgan fingerprint density at radius 1 is 1.07 bits per heavy atom. The maximum Gasteiger partial charge on any atom is 0.191 e. The Morgan fingerprint density at radius 3 is 2.67 bits per heavy atom. The number of benzene rings is 2. The van der Waals surface area contributed by atoms with Gasteiger partial charge in [0.1, 0.15) is 5.75 Å². The first kappa shape index (κ1) is 18.8. The number of guanidine groups is 1. The van der Waals surface area contributed by atoms with Crippen LogP contribution in [-0.2, 0) is 13.0 Å². The van der Waals surface area contributed by atoms with E-state index < -0.39 is 0 Å². The van der Waals surface area contributed by atoms with E-state index in [0.29, 0.717) is 13.2 Å². The second-order valence-corrected chi connectivity index (χ2v) is 6.42. The Kier molecular flexibility index (Phi) is 6.36. The zero-order valence-corrected chi connectivity index (χ0v) is 16.3. The molecule has 0 radical (unpaired) electrons. The third-order valence-electron chi connectivity index (χ3n) is 4.64. The highest BCUT2D eigenvalue weighted by atomic mass is 16.5. The molecule has 3 N–H and O–H groups in total. The summed E-state index contributed by atoms with van der Waals surface area (Å²) < 4.78 is 5.68. The maximum absolute atomic E-state index is 5.68. The van der Waals surface area contributed by atoms with Crippen LogP contribution < -0.4 is 15.4 Å². The summed E-state index contributed by atoms with van der Waals surface area (Å²) in [5, 5.41) is 8.07. The molecule has 1 heterocycles. The molecule has 0 fully saturated rings. The van der Waals surface area contributed by atoms with Gasteiger partial charge in [-0.25, -0.2) is 0 Å². The van der Waals surface area contributed by atoms with Crippen molar-refractivity contribution in [3.05, 3.63) is 65.4 Å². The molecule has 0 bridgehead atoms. The highest BCUT2D eigenvalue weighted by molar-refractivity contribution is 5.84. The second kappa shape index (κ2) is 9.12. The van der Waals surface area contributed by atoms with Crippen molar-refractivity contribution in [1.29, 1.82) is 0 Å². The average molecular weight is 364 g/mol. The Balaban J connectivity index is 1.56. The molecule has 3 aromatic rings. The molecule has 0 unspecified atom stereocenters. The highest BCUT2D eigenvalue weighted by Gasteiger charge is 2.08. The molecular weight excluding hydrogens is 336 g/mol. The summed E-state index contributed by atoms with van der Waals surface area (Å²) in [7, 11) is 1.79. The molecule has 3 rings (SSSR count). The number of H-pyrrole nitrogens is 1. The Morgan fingerprint density at radius 2 is 1.85 bits per heavy atom. The highest BCUT2D eigenvalue weighted by Crippen LogP contribution is 2.22. The second-order valence-electron chi connectivity index (χ2n) is 6.42. The molecule has 0 saturated carbocycles. The van der Waals surface area contributed by atoms with E-state index in [4.69, 9.17) is 4.74 Å². The number of hydrogen-bond acceptors (Lipinski definition) is 2. The molecule has 1 aromatic heterocycles. The quantitative estimate of drug-likeness (QED) is 0.442. The number of aromatic nitrogens is 1. The van der Waals surface area contributed by atoms with Gasteiger partial charge in [0.25, 0.3) is 0 Å². The minimum Gasteiger partial charge on any atom is -0.494 e. The van der Waals surface area contributed by atoms with Crippen LogP contribution in [0.15, 0.2) is 53.5 Å². The van der Waals surface area contributed by atoms with Gasteiger partial charge >= 0.3 is 0 Å². The van der Waals surface area contributed by atoms with E-state index in [9.17, 15) is 0 Å². The lowest BCUT2D eigenvalue weighted by Gasteiger charge is -2.14. The standard InChI is InChI=1S/C22H28N4O/c1-4-27-21-12-8-5-9-17(21)15-25-22(23-3)24-14-13-18-16(2)26-20-11-7-6-10-19(18)20/h5-12,26H,4,13-15H2,1-3H3,(H2,23,24,25). The van der Waals surface area contributed by atoms with Gasteiger partial charge in [-0.05, 0) is 38.0 Å². The Labute approximate surface area is 160 Å². The Hall–Kier alpha value is -2.95. The first-order chi connectivity index (χ1) is 13.2. The molecule has 0 aliphatic rings. The smallest absolute Gasteiger partial charge is 0.191 e. The van der Waals surface area contributed by atoms with Gasteiger partial charge in [0.05, 0.1) is 6.61 Å². The van der Waals surface area contributed by atoms with E-state index in [1.54, 1.807) is 7.05 Å². The number of aliphatic imine (C=N–C) groups is 1. The molecule has 5 nitrogen and oxygen atoms in total. The molecule has 5 heteroatoms. The molecule has 0 atom stereocenters. The van der Waals surface area contributed by atoms with Crippen LogP contribution >= 0.6 is 0 Å². The van der Waals surface area contributed by atoms with E-state index in [1.165, 1.54) is 22.2 Å². The van der Waals surface area contributed by atoms with Gasteiger partial charge in [0.2, 0.25) is 0 Å². The number of para-hydroxylation sites is 2. The zero-order chi connectivity index (χ0) is 19.1. The van der Waals surface area contributed by atoms with Gasteiger partial charge in [0, 0.05) is 42.3 Å². The van der Waals surface area contributed by atoms with E-state index in [0.717, 1.165) is 30.2 Å². The van der Waals surface area contributed by atoms with Crippen LogP contribution in [0.3, 0.4) is 0 Å². The van der Waals surface area contributed by atoms with Gasteiger partial charge in [0.15, 0.2) is 5.96 Å². The van der Waals surface area contributed by atoms with Crippen molar-refractivity contribution >= 4 is 16.9 Å². The molecular formula is C22H28N4O. The minimum atomic E-state index is 0.661.